The normalized spacial score (nSPS) is 16.5. The van der Waals surface area contributed by atoms with Crippen molar-refractivity contribution in [1.29, 1.82) is 0 Å². The molecule has 3 aromatic rings. The van der Waals surface area contributed by atoms with Crippen LogP contribution in [-0.4, -0.2) is 29.5 Å². The number of nitrogens with zero attached hydrogens (tertiary/aromatic N) is 1. The van der Waals surface area contributed by atoms with Gasteiger partial charge in [0, 0.05) is 30.0 Å². The van der Waals surface area contributed by atoms with E-state index in [1.807, 2.05) is 24.3 Å². The van der Waals surface area contributed by atoms with Gasteiger partial charge in [0.15, 0.2) is 11.5 Å². The van der Waals surface area contributed by atoms with Crippen LogP contribution in [0.1, 0.15) is 28.8 Å². The van der Waals surface area contributed by atoms with E-state index in [0.29, 0.717) is 18.7 Å². The van der Waals surface area contributed by atoms with Crippen molar-refractivity contribution in [3.8, 4) is 11.1 Å². The van der Waals surface area contributed by atoms with E-state index in [9.17, 15) is 9.18 Å². The lowest BCUT2D eigenvalue weighted by atomic mass is 9.86. The average Bonchev–Trinajstić information content (AvgIpc) is 2.69. The number of pyridine rings is 1. The highest BCUT2D eigenvalue weighted by atomic mass is 19.1. The maximum absolute atomic E-state index is 14.9. The number of alkyl halides is 1. The van der Waals surface area contributed by atoms with Crippen LogP contribution in [0.2, 0.25) is 0 Å². The van der Waals surface area contributed by atoms with Crippen LogP contribution < -0.4 is 5.32 Å². The van der Waals surface area contributed by atoms with Gasteiger partial charge in [-0.25, -0.2) is 4.39 Å². The van der Waals surface area contributed by atoms with Crippen molar-refractivity contribution in [3.05, 3.63) is 65.9 Å². The smallest absolute Gasteiger partial charge is 0.200 e. The fraction of sp³-hybridized carbons (Fsp3) is 0.273. The summed E-state index contributed by atoms with van der Waals surface area (Å²) in [5.74, 6) is -0.401. The first-order valence-electron chi connectivity index (χ1n) is 8.98. The molecule has 0 unspecified atom stereocenters. The van der Waals surface area contributed by atoms with E-state index in [1.54, 1.807) is 18.3 Å². The van der Waals surface area contributed by atoms with Gasteiger partial charge in [-0.2, -0.15) is 0 Å². The minimum Gasteiger partial charge on any atom is -0.316 e. The molecular formula is C22H21FN2O. The van der Waals surface area contributed by atoms with Crippen molar-refractivity contribution in [2.75, 3.05) is 13.1 Å². The molecule has 132 valence electrons. The number of fused-ring (bicyclic) bond motifs is 1. The van der Waals surface area contributed by atoms with Crippen molar-refractivity contribution in [2.24, 2.45) is 0 Å². The first-order chi connectivity index (χ1) is 12.6. The number of piperidine rings is 1. The van der Waals surface area contributed by atoms with Crippen LogP contribution in [-0.2, 0) is 0 Å². The zero-order valence-corrected chi connectivity index (χ0v) is 14.8. The second-order valence-corrected chi connectivity index (χ2v) is 6.94. The van der Waals surface area contributed by atoms with Gasteiger partial charge in [0.2, 0.25) is 0 Å². The lowest BCUT2D eigenvalue weighted by molar-refractivity contribution is 0.0592. The molecule has 1 fully saturated rings. The fourth-order valence-corrected chi connectivity index (χ4v) is 3.71. The molecular weight excluding hydrogens is 327 g/mol. The Morgan fingerprint density at radius 2 is 1.81 bits per heavy atom. The quantitative estimate of drug-likeness (QED) is 0.710. The number of Topliss-reactive ketones (excluding diaryl/α,β-unsaturated/α-hetero) is 1. The number of benzene rings is 2. The number of carbonyl (C=O) groups is 1. The molecule has 1 saturated heterocycles. The predicted octanol–water partition coefficient (Wildman–Crippen LogP) is 4.48. The highest BCUT2D eigenvalue weighted by Crippen LogP contribution is 2.31. The molecule has 0 radical (unpaired) electrons. The van der Waals surface area contributed by atoms with Crippen molar-refractivity contribution >= 4 is 16.7 Å². The minimum atomic E-state index is -1.74. The zero-order chi connectivity index (χ0) is 18.1. The topological polar surface area (TPSA) is 42.0 Å². The van der Waals surface area contributed by atoms with E-state index in [0.717, 1.165) is 27.6 Å². The van der Waals surface area contributed by atoms with Crippen molar-refractivity contribution in [1.82, 2.24) is 10.3 Å². The molecule has 1 aliphatic heterocycles. The van der Waals surface area contributed by atoms with Crippen molar-refractivity contribution in [2.45, 2.75) is 25.4 Å². The second kappa shape index (κ2) is 6.61. The average molecular weight is 348 g/mol. The van der Waals surface area contributed by atoms with Crippen LogP contribution in [0.5, 0.6) is 0 Å². The van der Waals surface area contributed by atoms with E-state index in [4.69, 9.17) is 0 Å². The molecule has 0 spiro atoms. The van der Waals surface area contributed by atoms with E-state index in [1.165, 1.54) is 0 Å². The number of rotatable bonds is 3. The molecule has 0 amide bonds. The first-order valence-corrected chi connectivity index (χ1v) is 8.98. The SMILES string of the molecule is Cc1c(-c2ccc(C(=O)C3(F)CCNCC3)cc2)ccc2cccnc12. The van der Waals surface area contributed by atoms with E-state index in [-0.39, 0.29) is 12.8 Å². The lowest BCUT2D eigenvalue weighted by Gasteiger charge is -2.28. The van der Waals surface area contributed by atoms with E-state index < -0.39 is 11.5 Å². The van der Waals surface area contributed by atoms with Crippen LogP contribution in [0, 0.1) is 6.92 Å². The molecule has 26 heavy (non-hydrogen) atoms. The van der Waals surface area contributed by atoms with Crippen molar-refractivity contribution in [3.63, 3.8) is 0 Å². The molecule has 0 bridgehead atoms. The number of carbonyl (C=O) groups excluding carboxylic acids is 1. The molecule has 3 nitrogen and oxygen atoms in total. The maximum atomic E-state index is 14.9. The van der Waals surface area contributed by atoms with Crippen LogP contribution in [0.15, 0.2) is 54.7 Å². The largest absolute Gasteiger partial charge is 0.316 e. The molecule has 2 heterocycles. The molecule has 0 aliphatic carbocycles. The summed E-state index contributed by atoms with van der Waals surface area (Å²) in [6.45, 7) is 3.14. The highest BCUT2D eigenvalue weighted by Gasteiger charge is 2.39. The number of hydrogen-bond acceptors (Lipinski definition) is 3. The number of ketones is 1. The standard InChI is InChI=1S/C22H21FN2O/c1-15-19(9-8-17-3-2-12-25-20(15)17)16-4-6-18(7-5-16)21(26)22(23)10-13-24-14-11-22/h2-9,12,24H,10-11,13-14H2,1H3. The Balaban J connectivity index is 1.66. The number of nitrogens with one attached hydrogen (secondary N) is 1. The summed E-state index contributed by atoms with van der Waals surface area (Å²) in [4.78, 5) is 17.1. The number of aromatic nitrogens is 1. The minimum absolute atomic E-state index is 0.239. The molecule has 1 aliphatic rings. The second-order valence-electron chi connectivity index (χ2n) is 6.94. The third kappa shape index (κ3) is 2.90. The van der Waals surface area contributed by atoms with Crippen LogP contribution in [0.25, 0.3) is 22.0 Å². The van der Waals surface area contributed by atoms with Gasteiger partial charge in [-0.05, 0) is 42.8 Å². The predicted molar refractivity (Wildman–Crippen MR) is 102 cm³/mol. The summed E-state index contributed by atoms with van der Waals surface area (Å²) in [6, 6.07) is 15.4. The molecule has 2 aromatic carbocycles. The Bertz CT molecular complexity index is 960. The van der Waals surface area contributed by atoms with Gasteiger partial charge in [0.1, 0.15) is 0 Å². The van der Waals surface area contributed by atoms with Crippen LogP contribution >= 0.6 is 0 Å². The number of hydrogen-bond donors (Lipinski definition) is 1. The van der Waals surface area contributed by atoms with Gasteiger partial charge in [-0.3, -0.25) is 9.78 Å². The summed E-state index contributed by atoms with van der Waals surface area (Å²) < 4.78 is 14.9. The third-order valence-electron chi connectivity index (χ3n) is 5.29. The van der Waals surface area contributed by atoms with Crippen molar-refractivity contribution < 1.29 is 9.18 Å². The van der Waals surface area contributed by atoms with Gasteiger partial charge in [-0.1, -0.05) is 42.5 Å². The molecule has 4 heteroatoms. The Labute approximate surface area is 152 Å². The zero-order valence-electron chi connectivity index (χ0n) is 14.8. The molecule has 1 N–H and O–H groups in total. The van der Waals surface area contributed by atoms with E-state index >= 15 is 0 Å². The van der Waals surface area contributed by atoms with Gasteiger partial charge < -0.3 is 5.32 Å². The van der Waals surface area contributed by atoms with E-state index in [2.05, 4.69) is 29.4 Å². The molecule has 0 atom stereocenters. The maximum Gasteiger partial charge on any atom is 0.200 e. The number of halogens is 1. The lowest BCUT2D eigenvalue weighted by Crippen LogP contribution is -2.44. The van der Waals surface area contributed by atoms with Crippen LogP contribution in [0.3, 0.4) is 0 Å². The Morgan fingerprint density at radius 1 is 1.08 bits per heavy atom. The Morgan fingerprint density at radius 3 is 2.54 bits per heavy atom. The van der Waals surface area contributed by atoms with Gasteiger partial charge in [0.05, 0.1) is 5.52 Å². The fourth-order valence-electron chi connectivity index (χ4n) is 3.71. The number of aryl methyl sites for hydroxylation is 1. The monoisotopic (exact) mass is 348 g/mol. The van der Waals surface area contributed by atoms with Gasteiger partial charge >= 0.3 is 0 Å². The molecule has 4 rings (SSSR count). The summed E-state index contributed by atoms with van der Waals surface area (Å²) in [5.41, 5.74) is 2.85. The summed E-state index contributed by atoms with van der Waals surface area (Å²) in [6.07, 6.45) is 2.27. The summed E-state index contributed by atoms with van der Waals surface area (Å²) in [7, 11) is 0. The van der Waals surface area contributed by atoms with Gasteiger partial charge in [0.25, 0.3) is 0 Å². The third-order valence-corrected chi connectivity index (χ3v) is 5.29. The van der Waals surface area contributed by atoms with Crippen LogP contribution in [0.4, 0.5) is 4.39 Å². The van der Waals surface area contributed by atoms with Gasteiger partial charge in [-0.15, -0.1) is 0 Å². The summed E-state index contributed by atoms with van der Waals surface area (Å²) in [5, 5.41) is 4.20. The molecule has 1 aromatic heterocycles. The Kier molecular flexibility index (Phi) is 4.29. The Hall–Kier alpha value is -2.59. The highest BCUT2D eigenvalue weighted by molar-refractivity contribution is 6.03. The first kappa shape index (κ1) is 16.9. The summed E-state index contributed by atoms with van der Waals surface area (Å²) >= 11 is 0. The molecule has 0 saturated carbocycles.